The lowest BCUT2D eigenvalue weighted by molar-refractivity contribution is 0.474. The molecule has 0 spiro atoms. The zero-order valence-electron chi connectivity index (χ0n) is 13.3. The molecule has 3 rings (SSSR count). The van der Waals surface area contributed by atoms with Crippen LogP contribution < -0.4 is 0 Å². The molecule has 0 aliphatic rings. The Kier molecular flexibility index (Phi) is 5.80. The van der Waals surface area contributed by atoms with Crippen molar-refractivity contribution in [2.24, 2.45) is 9.98 Å². The Morgan fingerprint density at radius 2 is 1.19 bits per heavy atom. The van der Waals surface area contributed by atoms with Gasteiger partial charge < -0.3 is 10.2 Å². The zero-order chi connectivity index (χ0) is 18.5. The number of aromatic hydroxyl groups is 2. The number of aliphatic imine (C=N–C) groups is 2. The van der Waals surface area contributed by atoms with Gasteiger partial charge in [-0.25, -0.2) is 15.0 Å². The van der Waals surface area contributed by atoms with Crippen molar-refractivity contribution in [1.82, 2.24) is 4.98 Å². The number of rotatable bonds is 4. The van der Waals surface area contributed by atoms with Gasteiger partial charge in [-0.05, 0) is 48.5 Å². The van der Waals surface area contributed by atoms with Gasteiger partial charge in [0.05, 0.1) is 0 Å². The summed E-state index contributed by atoms with van der Waals surface area (Å²) in [6.07, 6.45) is 3.08. The minimum atomic E-state index is 0.135. The molecule has 5 nitrogen and oxygen atoms in total. The lowest BCUT2D eigenvalue weighted by atomic mass is 10.2. The third kappa shape index (κ3) is 4.77. The maximum absolute atomic E-state index is 9.84. The van der Waals surface area contributed by atoms with Crippen LogP contribution in [0.1, 0.15) is 11.1 Å². The molecule has 26 heavy (non-hydrogen) atoms. The number of hydrogen-bond acceptors (Lipinski definition) is 5. The van der Waals surface area contributed by atoms with Crippen molar-refractivity contribution in [2.75, 3.05) is 0 Å². The molecule has 0 saturated heterocycles. The van der Waals surface area contributed by atoms with E-state index in [9.17, 15) is 10.2 Å². The van der Waals surface area contributed by atoms with Crippen molar-refractivity contribution in [3.63, 3.8) is 0 Å². The Hall–Kier alpha value is -2.51. The fourth-order valence-corrected chi connectivity index (χ4v) is 2.84. The van der Waals surface area contributed by atoms with Crippen molar-refractivity contribution < 1.29 is 10.2 Å². The van der Waals surface area contributed by atoms with Crippen LogP contribution >= 0.6 is 31.9 Å². The lowest BCUT2D eigenvalue weighted by Gasteiger charge is -2.00. The van der Waals surface area contributed by atoms with Crippen LogP contribution in [0.4, 0.5) is 11.6 Å². The van der Waals surface area contributed by atoms with Crippen molar-refractivity contribution in [3.8, 4) is 11.5 Å². The van der Waals surface area contributed by atoms with Gasteiger partial charge in [-0.15, -0.1) is 0 Å². The van der Waals surface area contributed by atoms with Gasteiger partial charge in [-0.3, -0.25) is 0 Å². The van der Waals surface area contributed by atoms with Gasteiger partial charge in [0.15, 0.2) is 11.6 Å². The van der Waals surface area contributed by atoms with Gasteiger partial charge >= 0.3 is 0 Å². The van der Waals surface area contributed by atoms with E-state index in [-0.39, 0.29) is 11.5 Å². The normalized spacial score (nSPS) is 11.5. The van der Waals surface area contributed by atoms with E-state index in [2.05, 4.69) is 46.8 Å². The monoisotopic (exact) mass is 473 g/mol. The average Bonchev–Trinajstić information content (AvgIpc) is 2.63. The van der Waals surface area contributed by atoms with Crippen LogP contribution in [0.15, 0.2) is 73.5 Å². The van der Waals surface area contributed by atoms with E-state index >= 15 is 0 Å². The molecule has 1 heterocycles. The van der Waals surface area contributed by atoms with E-state index in [1.54, 1.807) is 54.6 Å². The molecule has 3 aromatic rings. The van der Waals surface area contributed by atoms with E-state index in [1.165, 1.54) is 12.4 Å². The maximum Gasteiger partial charge on any atom is 0.154 e. The first kappa shape index (κ1) is 18.3. The number of hydrogen-bond donors (Lipinski definition) is 2. The van der Waals surface area contributed by atoms with Crippen molar-refractivity contribution in [3.05, 3.63) is 74.7 Å². The Bertz CT molecular complexity index is 927. The number of phenols is 2. The van der Waals surface area contributed by atoms with Crippen LogP contribution in [0.25, 0.3) is 0 Å². The van der Waals surface area contributed by atoms with Crippen LogP contribution in [-0.2, 0) is 0 Å². The summed E-state index contributed by atoms with van der Waals surface area (Å²) in [6, 6.07) is 15.5. The Morgan fingerprint density at radius 1 is 0.731 bits per heavy atom. The highest BCUT2D eigenvalue weighted by atomic mass is 79.9. The highest BCUT2D eigenvalue weighted by Crippen LogP contribution is 2.23. The predicted octanol–water partition coefficient (Wildman–Crippen LogP) is 5.52. The summed E-state index contributed by atoms with van der Waals surface area (Å²) in [7, 11) is 0. The van der Waals surface area contributed by atoms with E-state index in [1.807, 2.05) is 0 Å². The first-order chi connectivity index (χ1) is 12.5. The van der Waals surface area contributed by atoms with Crippen LogP contribution in [-0.4, -0.2) is 27.6 Å². The quantitative estimate of drug-likeness (QED) is 0.488. The summed E-state index contributed by atoms with van der Waals surface area (Å²) in [5.74, 6) is 1.18. The summed E-state index contributed by atoms with van der Waals surface area (Å²) in [4.78, 5) is 12.9. The van der Waals surface area contributed by atoms with Gasteiger partial charge in [-0.2, -0.15) is 0 Å². The summed E-state index contributed by atoms with van der Waals surface area (Å²) < 4.78 is 1.69. The van der Waals surface area contributed by atoms with E-state index in [4.69, 9.17) is 0 Å². The fourth-order valence-electron chi connectivity index (χ4n) is 2.08. The molecule has 2 N–H and O–H groups in total. The van der Waals surface area contributed by atoms with Crippen molar-refractivity contribution in [2.45, 2.75) is 0 Å². The molecule has 0 amide bonds. The second kappa shape index (κ2) is 8.25. The largest absolute Gasteiger partial charge is 0.507 e. The van der Waals surface area contributed by atoms with Crippen LogP contribution in [0.5, 0.6) is 11.5 Å². The van der Waals surface area contributed by atoms with Crippen LogP contribution in [0.3, 0.4) is 0 Å². The maximum atomic E-state index is 9.84. The SMILES string of the molecule is Oc1ccc(Br)cc1C=Nc1cccc(/N=C/c2cc(Br)ccc2O)n1. The van der Waals surface area contributed by atoms with E-state index in [0.29, 0.717) is 22.8 Å². The molecule has 7 heteroatoms. The molecule has 0 bridgehead atoms. The molecule has 1 aromatic heterocycles. The first-order valence-electron chi connectivity index (χ1n) is 7.53. The molecule has 0 atom stereocenters. The standard InChI is InChI=1S/C19H13Br2N3O2/c20-14-4-6-16(25)12(8-14)10-22-18-2-1-3-19(24-18)23-11-13-9-15(21)5-7-17(13)26/h1-11,25-26H/b22-10+,23-11?. The Morgan fingerprint density at radius 3 is 1.65 bits per heavy atom. The third-order valence-electron chi connectivity index (χ3n) is 3.37. The average molecular weight is 475 g/mol. The van der Waals surface area contributed by atoms with Crippen LogP contribution in [0, 0.1) is 0 Å². The second-order valence-electron chi connectivity index (χ2n) is 5.28. The molecule has 0 saturated carbocycles. The van der Waals surface area contributed by atoms with Gasteiger partial charge in [0, 0.05) is 32.5 Å². The molecule has 130 valence electrons. The second-order valence-corrected chi connectivity index (χ2v) is 7.11. The highest BCUT2D eigenvalue weighted by Gasteiger charge is 2.01. The number of pyridine rings is 1. The highest BCUT2D eigenvalue weighted by molar-refractivity contribution is 9.10. The molecule has 0 aliphatic heterocycles. The van der Waals surface area contributed by atoms with Gasteiger partial charge in [-0.1, -0.05) is 37.9 Å². The number of benzene rings is 2. The number of nitrogens with zero attached hydrogens (tertiary/aromatic N) is 3. The first-order valence-corrected chi connectivity index (χ1v) is 9.12. The summed E-state index contributed by atoms with van der Waals surface area (Å²) in [6.45, 7) is 0. The summed E-state index contributed by atoms with van der Waals surface area (Å²) in [5.41, 5.74) is 1.16. The summed E-state index contributed by atoms with van der Waals surface area (Å²) >= 11 is 6.71. The number of halogens is 2. The summed E-state index contributed by atoms with van der Waals surface area (Å²) in [5, 5.41) is 19.7. The topological polar surface area (TPSA) is 78.1 Å². The fraction of sp³-hybridized carbons (Fsp3) is 0. The Balaban J connectivity index is 1.82. The molecule has 0 unspecified atom stereocenters. The molecular formula is C19H13Br2N3O2. The molecular weight excluding hydrogens is 462 g/mol. The van der Waals surface area contributed by atoms with Gasteiger partial charge in [0.1, 0.15) is 11.5 Å². The third-order valence-corrected chi connectivity index (χ3v) is 4.36. The van der Waals surface area contributed by atoms with E-state index < -0.39 is 0 Å². The smallest absolute Gasteiger partial charge is 0.154 e. The zero-order valence-corrected chi connectivity index (χ0v) is 16.5. The molecule has 0 aliphatic carbocycles. The number of phenolic OH excluding ortho intramolecular Hbond substituents is 2. The molecule has 2 aromatic carbocycles. The van der Waals surface area contributed by atoms with Crippen molar-refractivity contribution >= 4 is 55.9 Å². The predicted molar refractivity (Wildman–Crippen MR) is 110 cm³/mol. The Labute approximate surface area is 167 Å². The van der Waals surface area contributed by atoms with Crippen molar-refractivity contribution in [1.29, 1.82) is 0 Å². The molecule has 0 radical (unpaired) electrons. The van der Waals surface area contributed by atoms with Gasteiger partial charge in [0.2, 0.25) is 0 Å². The minimum Gasteiger partial charge on any atom is -0.507 e. The van der Waals surface area contributed by atoms with E-state index in [0.717, 1.165) is 8.95 Å². The lowest BCUT2D eigenvalue weighted by Crippen LogP contribution is -1.85. The van der Waals surface area contributed by atoms with Gasteiger partial charge in [0.25, 0.3) is 0 Å². The molecule has 0 fully saturated rings. The number of aromatic nitrogens is 1. The minimum absolute atomic E-state index is 0.135. The van der Waals surface area contributed by atoms with Crippen LogP contribution in [0.2, 0.25) is 0 Å².